The van der Waals surface area contributed by atoms with Crippen LogP contribution in [-0.2, 0) is 9.53 Å². The zero-order valence-corrected chi connectivity index (χ0v) is 9.89. The van der Waals surface area contributed by atoms with Crippen LogP contribution in [-0.4, -0.2) is 11.6 Å². The maximum atomic E-state index is 11.6. The van der Waals surface area contributed by atoms with Crippen LogP contribution < -0.4 is 0 Å². The summed E-state index contributed by atoms with van der Waals surface area (Å²) in [4.78, 5) is 11.6. The average molecular weight is 197 g/mol. The lowest BCUT2D eigenvalue weighted by Crippen LogP contribution is -2.29. The highest BCUT2D eigenvalue weighted by Gasteiger charge is 2.48. The largest absolute Gasteiger partial charge is 0.459 e. The van der Waals surface area contributed by atoms with Crippen molar-refractivity contribution >= 4 is 5.97 Å². The van der Waals surface area contributed by atoms with Crippen LogP contribution in [0.25, 0.3) is 0 Å². The highest BCUT2D eigenvalue weighted by Crippen LogP contribution is 2.41. The minimum Gasteiger partial charge on any atom is -0.459 e. The number of rotatable bonds is 1. The van der Waals surface area contributed by atoms with Gasteiger partial charge in [-0.1, -0.05) is 20.8 Å². The molecule has 14 heavy (non-hydrogen) atoms. The lowest BCUT2D eigenvalue weighted by Gasteiger charge is -2.26. The third kappa shape index (κ3) is 2.28. The predicted molar refractivity (Wildman–Crippen MR) is 56.6 cm³/mol. The molecule has 1 aliphatic rings. The Morgan fingerprint density at radius 1 is 1.43 bits per heavy atom. The fourth-order valence-corrected chi connectivity index (χ4v) is 1.94. The summed E-state index contributed by atoms with van der Waals surface area (Å²) in [6.07, 6.45) is 0.851. The van der Waals surface area contributed by atoms with Crippen molar-refractivity contribution in [1.82, 2.24) is 0 Å². The molecule has 1 saturated heterocycles. The average Bonchev–Trinajstić information content (AvgIpc) is 2.10. The Labute approximate surface area is 87.0 Å². The molecule has 2 atom stereocenters. The van der Waals surface area contributed by atoms with E-state index in [9.17, 15) is 4.79 Å². The number of hydrogen-bond donors (Lipinski definition) is 0. The molecule has 1 heterocycles. The zero-order chi connectivity index (χ0) is 11.1. The van der Waals surface area contributed by atoms with Crippen LogP contribution in [0.1, 0.15) is 41.0 Å². The van der Waals surface area contributed by atoms with Crippen molar-refractivity contribution < 1.29 is 9.53 Å². The van der Waals surface area contributed by atoms with E-state index in [0.717, 1.165) is 6.42 Å². The zero-order valence-electron chi connectivity index (χ0n) is 9.89. The first-order valence-corrected chi connectivity index (χ1v) is 5.19. The van der Waals surface area contributed by atoms with Crippen molar-refractivity contribution in [2.75, 3.05) is 0 Å². The molecule has 0 aliphatic carbocycles. The summed E-state index contributed by atoms with van der Waals surface area (Å²) in [7, 11) is 0. The standard InChI is InChI=1S/C12H21O2/c1-8-9(7-11(2,3)4)10(13)14-12(8,5)6/h8-9H,1,7H2,2-6H3/t8-,9-/m1/s1. The van der Waals surface area contributed by atoms with Crippen molar-refractivity contribution in [3.63, 3.8) is 0 Å². The number of ether oxygens (including phenoxy) is 1. The Bertz CT molecular complexity index is 235. The third-order valence-corrected chi connectivity index (χ3v) is 2.88. The number of carbonyl (C=O) groups excluding carboxylic acids is 1. The lowest BCUT2D eigenvalue weighted by atomic mass is 9.76. The Morgan fingerprint density at radius 2 is 1.93 bits per heavy atom. The van der Waals surface area contributed by atoms with Gasteiger partial charge in [-0.3, -0.25) is 4.79 Å². The molecule has 1 radical (unpaired) electrons. The van der Waals surface area contributed by atoms with Gasteiger partial charge in [0, 0.05) is 5.92 Å². The van der Waals surface area contributed by atoms with Crippen molar-refractivity contribution in [3.8, 4) is 0 Å². The van der Waals surface area contributed by atoms with Crippen LogP contribution >= 0.6 is 0 Å². The normalized spacial score (nSPS) is 31.7. The number of hydrogen-bond acceptors (Lipinski definition) is 2. The molecule has 0 aromatic rings. The van der Waals surface area contributed by atoms with Gasteiger partial charge in [0.15, 0.2) is 0 Å². The number of esters is 1. The monoisotopic (exact) mass is 197 g/mol. The quantitative estimate of drug-likeness (QED) is 0.604. The Kier molecular flexibility index (Phi) is 2.68. The topological polar surface area (TPSA) is 26.3 Å². The number of cyclic esters (lactones) is 1. The fraction of sp³-hybridized carbons (Fsp3) is 0.833. The molecule has 1 aliphatic heterocycles. The van der Waals surface area contributed by atoms with Gasteiger partial charge in [0.05, 0.1) is 5.92 Å². The second-order valence-corrected chi connectivity index (χ2v) is 6.00. The van der Waals surface area contributed by atoms with E-state index in [1.807, 2.05) is 13.8 Å². The molecule has 0 saturated carbocycles. The third-order valence-electron chi connectivity index (χ3n) is 2.88. The first-order chi connectivity index (χ1) is 6.13. The molecule has 1 rings (SSSR count). The Morgan fingerprint density at radius 3 is 2.21 bits per heavy atom. The van der Waals surface area contributed by atoms with E-state index in [4.69, 9.17) is 4.74 Å². The maximum absolute atomic E-state index is 11.6. The molecule has 0 aromatic carbocycles. The van der Waals surface area contributed by atoms with Crippen molar-refractivity contribution in [3.05, 3.63) is 6.92 Å². The van der Waals surface area contributed by atoms with E-state index in [-0.39, 0.29) is 23.2 Å². The van der Waals surface area contributed by atoms with Gasteiger partial charge in [-0.25, -0.2) is 0 Å². The van der Waals surface area contributed by atoms with Crippen molar-refractivity contribution in [1.29, 1.82) is 0 Å². The fourth-order valence-electron chi connectivity index (χ4n) is 1.94. The van der Waals surface area contributed by atoms with Gasteiger partial charge in [-0.15, -0.1) is 0 Å². The van der Waals surface area contributed by atoms with E-state index >= 15 is 0 Å². The molecule has 0 N–H and O–H groups in total. The molecule has 2 heteroatoms. The summed E-state index contributed by atoms with van der Waals surface area (Å²) in [5, 5.41) is 0. The van der Waals surface area contributed by atoms with Gasteiger partial charge in [-0.2, -0.15) is 0 Å². The molecule has 81 valence electrons. The van der Waals surface area contributed by atoms with E-state index in [1.165, 1.54) is 0 Å². The highest BCUT2D eigenvalue weighted by molar-refractivity contribution is 5.76. The molecular formula is C12H21O2. The molecule has 1 fully saturated rings. The van der Waals surface area contributed by atoms with Crippen LogP contribution in [0.2, 0.25) is 0 Å². The SMILES string of the molecule is [CH2][C@@H]1[C@@H](CC(C)(C)C)C(=O)OC1(C)C. The molecule has 2 nitrogen and oxygen atoms in total. The van der Waals surface area contributed by atoms with Gasteiger partial charge in [-0.05, 0) is 32.6 Å². The molecular weight excluding hydrogens is 176 g/mol. The second kappa shape index (κ2) is 3.25. The molecule has 0 amide bonds. The summed E-state index contributed by atoms with van der Waals surface area (Å²) in [6.45, 7) is 14.3. The van der Waals surface area contributed by atoms with Gasteiger partial charge >= 0.3 is 5.97 Å². The van der Waals surface area contributed by atoms with E-state index < -0.39 is 5.60 Å². The molecule has 0 unspecified atom stereocenters. The van der Waals surface area contributed by atoms with Crippen LogP contribution in [0, 0.1) is 24.2 Å². The Balaban J connectivity index is 2.76. The van der Waals surface area contributed by atoms with E-state index in [2.05, 4.69) is 27.7 Å². The molecule has 0 bridgehead atoms. The van der Waals surface area contributed by atoms with Gasteiger partial charge in [0.2, 0.25) is 0 Å². The smallest absolute Gasteiger partial charge is 0.309 e. The van der Waals surface area contributed by atoms with Gasteiger partial charge in [0.1, 0.15) is 5.60 Å². The molecule has 0 aromatic heterocycles. The summed E-state index contributed by atoms with van der Waals surface area (Å²) < 4.78 is 5.32. The summed E-state index contributed by atoms with van der Waals surface area (Å²) in [5.74, 6) is -0.0517. The van der Waals surface area contributed by atoms with Gasteiger partial charge < -0.3 is 4.74 Å². The molecule has 0 spiro atoms. The van der Waals surface area contributed by atoms with Crippen molar-refractivity contribution in [2.24, 2.45) is 17.3 Å². The lowest BCUT2D eigenvalue weighted by molar-refractivity contribution is -0.149. The minimum atomic E-state index is -0.396. The van der Waals surface area contributed by atoms with Crippen molar-refractivity contribution in [2.45, 2.75) is 46.6 Å². The van der Waals surface area contributed by atoms with Crippen LogP contribution in [0.15, 0.2) is 0 Å². The first-order valence-electron chi connectivity index (χ1n) is 5.19. The second-order valence-electron chi connectivity index (χ2n) is 6.00. The first kappa shape index (κ1) is 11.5. The van der Waals surface area contributed by atoms with E-state index in [1.54, 1.807) is 0 Å². The highest BCUT2D eigenvalue weighted by atomic mass is 16.6. The van der Waals surface area contributed by atoms with Gasteiger partial charge in [0.25, 0.3) is 0 Å². The van der Waals surface area contributed by atoms with Crippen LogP contribution in [0.5, 0.6) is 0 Å². The summed E-state index contributed by atoms with van der Waals surface area (Å²) in [6, 6.07) is 0. The Hall–Kier alpha value is -0.530. The van der Waals surface area contributed by atoms with E-state index in [0.29, 0.717) is 0 Å². The summed E-state index contributed by atoms with van der Waals surface area (Å²) in [5.41, 5.74) is -0.243. The van der Waals surface area contributed by atoms with Crippen LogP contribution in [0.4, 0.5) is 0 Å². The number of carbonyl (C=O) groups is 1. The minimum absolute atomic E-state index is 0.0370. The maximum Gasteiger partial charge on any atom is 0.309 e. The van der Waals surface area contributed by atoms with Crippen LogP contribution in [0.3, 0.4) is 0 Å². The summed E-state index contributed by atoms with van der Waals surface area (Å²) >= 11 is 0. The predicted octanol–water partition coefficient (Wildman–Crippen LogP) is 2.82.